The maximum atomic E-state index is 12.4. The van der Waals surface area contributed by atoms with Crippen LogP contribution in [0.25, 0.3) is 0 Å². The van der Waals surface area contributed by atoms with Crippen molar-refractivity contribution in [1.29, 1.82) is 0 Å². The van der Waals surface area contributed by atoms with E-state index in [1.807, 2.05) is 0 Å². The number of sulfone groups is 1. The minimum atomic E-state index is -3.14. The second-order valence-electron chi connectivity index (χ2n) is 5.13. The summed E-state index contributed by atoms with van der Waals surface area (Å²) < 4.78 is 28.2. The fraction of sp³-hybridized carbons (Fsp3) is 0.385. The number of halogens is 1. The van der Waals surface area contributed by atoms with E-state index < -0.39 is 15.8 Å². The van der Waals surface area contributed by atoms with Gasteiger partial charge in [0, 0.05) is 11.5 Å². The Hall–Kier alpha value is -1.60. The fourth-order valence-electron chi connectivity index (χ4n) is 2.51. The standard InChI is InChI=1S/C13H12ClNO5S/c14-9-4-10-11(20-5-12(16)15-10)3-8(9)13(17)7-1-2-21(18,19)6-7/h3-4,7H,1-2,5-6H2,(H,15,16). The number of amides is 1. The zero-order valence-corrected chi connectivity index (χ0v) is 12.5. The van der Waals surface area contributed by atoms with Gasteiger partial charge in [0.15, 0.2) is 22.2 Å². The molecule has 1 atom stereocenters. The van der Waals surface area contributed by atoms with Crippen molar-refractivity contribution in [3.05, 3.63) is 22.7 Å². The highest BCUT2D eigenvalue weighted by molar-refractivity contribution is 7.91. The molecule has 0 bridgehead atoms. The van der Waals surface area contributed by atoms with Crippen LogP contribution in [0.3, 0.4) is 0 Å². The molecule has 6 nitrogen and oxygen atoms in total. The number of hydrogen-bond donors (Lipinski definition) is 1. The molecule has 8 heteroatoms. The lowest BCUT2D eigenvalue weighted by Crippen LogP contribution is -2.26. The molecule has 0 aliphatic carbocycles. The SMILES string of the molecule is O=C1COc2cc(C(=O)C3CCS(=O)(=O)C3)c(Cl)cc2N1. The number of ether oxygens (including phenoxy) is 1. The van der Waals surface area contributed by atoms with Gasteiger partial charge < -0.3 is 10.1 Å². The van der Waals surface area contributed by atoms with E-state index in [9.17, 15) is 18.0 Å². The molecule has 0 spiro atoms. The summed E-state index contributed by atoms with van der Waals surface area (Å²) in [5, 5.41) is 2.77. The molecule has 3 rings (SSSR count). The Bertz CT molecular complexity index is 743. The number of rotatable bonds is 2. The maximum Gasteiger partial charge on any atom is 0.262 e. The first-order valence-electron chi connectivity index (χ1n) is 6.36. The molecule has 2 aliphatic rings. The van der Waals surface area contributed by atoms with Crippen molar-refractivity contribution in [2.45, 2.75) is 6.42 Å². The summed E-state index contributed by atoms with van der Waals surface area (Å²) in [7, 11) is -3.14. The molecule has 112 valence electrons. The summed E-state index contributed by atoms with van der Waals surface area (Å²) in [6.07, 6.45) is 0.312. The second kappa shape index (κ2) is 4.99. The summed E-state index contributed by atoms with van der Waals surface area (Å²) in [4.78, 5) is 23.6. The molecule has 1 amide bonds. The maximum absolute atomic E-state index is 12.4. The van der Waals surface area contributed by atoms with Crippen molar-refractivity contribution in [3.63, 3.8) is 0 Å². The largest absolute Gasteiger partial charge is 0.482 e. The Morgan fingerprint density at radius 2 is 2.14 bits per heavy atom. The number of nitrogens with one attached hydrogen (secondary N) is 1. The first kappa shape index (κ1) is 14.3. The minimum absolute atomic E-state index is 0.0263. The molecule has 1 unspecified atom stereocenters. The molecule has 0 radical (unpaired) electrons. The highest BCUT2D eigenvalue weighted by atomic mass is 35.5. The summed E-state index contributed by atoms with van der Waals surface area (Å²) in [5.74, 6) is -0.911. The minimum Gasteiger partial charge on any atom is -0.482 e. The molecular weight excluding hydrogens is 318 g/mol. The van der Waals surface area contributed by atoms with Crippen molar-refractivity contribution in [2.75, 3.05) is 23.4 Å². The highest BCUT2D eigenvalue weighted by Crippen LogP contribution is 2.35. The molecule has 1 aromatic rings. The van der Waals surface area contributed by atoms with E-state index >= 15 is 0 Å². The van der Waals surface area contributed by atoms with Gasteiger partial charge in [0.2, 0.25) is 0 Å². The second-order valence-corrected chi connectivity index (χ2v) is 7.77. The third-order valence-electron chi connectivity index (χ3n) is 3.57. The van der Waals surface area contributed by atoms with Gasteiger partial charge >= 0.3 is 0 Å². The predicted molar refractivity (Wildman–Crippen MR) is 76.7 cm³/mol. The van der Waals surface area contributed by atoms with Crippen LogP contribution in [-0.2, 0) is 14.6 Å². The van der Waals surface area contributed by atoms with E-state index in [-0.39, 0.29) is 40.4 Å². The van der Waals surface area contributed by atoms with Crippen LogP contribution in [-0.4, -0.2) is 38.2 Å². The number of hydrogen-bond acceptors (Lipinski definition) is 5. The lowest BCUT2D eigenvalue weighted by molar-refractivity contribution is -0.118. The number of carbonyl (C=O) groups excluding carboxylic acids is 2. The molecule has 1 aromatic carbocycles. The number of carbonyl (C=O) groups is 2. The molecule has 0 aromatic heterocycles. The number of benzene rings is 1. The summed E-state index contributed by atoms with van der Waals surface area (Å²) in [6.45, 7) is -0.125. The van der Waals surface area contributed by atoms with Gasteiger partial charge in [-0.3, -0.25) is 9.59 Å². The lowest BCUT2D eigenvalue weighted by Gasteiger charge is -2.19. The Morgan fingerprint density at radius 3 is 2.81 bits per heavy atom. The third kappa shape index (κ3) is 2.75. The van der Waals surface area contributed by atoms with Gasteiger partial charge in [0.25, 0.3) is 5.91 Å². The van der Waals surface area contributed by atoms with Crippen LogP contribution >= 0.6 is 11.6 Å². The summed E-state index contributed by atoms with van der Waals surface area (Å²) >= 11 is 6.08. The molecular formula is C13H12ClNO5S. The van der Waals surface area contributed by atoms with Crippen LogP contribution in [0.2, 0.25) is 5.02 Å². The summed E-state index contributed by atoms with van der Waals surface area (Å²) in [6, 6.07) is 2.91. The van der Waals surface area contributed by atoms with Crippen LogP contribution < -0.4 is 10.1 Å². The molecule has 1 saturated heterocycles. The van der Waals surface area contributed by atoms with Gasteiger partial charge in [0.05, 0.1) is 22.2 Å². The van der Waals surface area contributed by atoms with Gasteiger partial charge in [-0.2, -0.15) is 0 Å². The molecule has 1 N–H and O–H groups in total. The number of anilines is 1. The average molecular weight is 330 g/mol. The zero-order valence-electron chi connectivity index (χ0n) is 10.9. The van der Waals surface area contributed by atoms with Crippen molar-refractivity contribution in [2.24, 2.45) is 5.92 Å². The quantitative estimate of drug-likeness (QED) is 0.826. The van der Waals surface area contributed by atoms with Crippen molar-refractivity contribution < 1.29 is 22.7 Å². The topological polar surface area (TPSA) is 89.5 Å². The van der Waals surface area contributed by atoms with Crippen LogP contribution in [0, 0.1) is 5.92 Å². The Labute approximate surface area is 126 Å². The normalized spacial score (nSPS) is 23.1. The van der Waals surface area contributed by atoms with Gasteiger partial charge in [-0.1, -0.05) is 11.6 Å². The van der Waals surface area contributed by atoms with Crippen molar-refractivity contribution in [1.82, 2.24) is 0 Å². The van der Waals surface area contributed by atoms with Gasteiger partial charge in [0.1, 0.15) is 5.75 Å². The monoisotopic (exact) mass is 329 g/mol. The van der Waals surface area contributed by atoms with E-state index in [1.165, 1.54) is 12.1 Å². The van der Waals surface area contributed by atoms with Gasteiger partial charge in [-0.05, 0) is 18.6 Å². The number of ketones is 1. The Balaban J connectivity index is 1.92. The predicted octanol–water partition coefficient (Wildman–Crippen LogP) is 1.29. The van der Waals surface area contributed by atoms with E-state index in [4.69, 9.17) is 16.3 Å². The molecule has 21 heavy (non-hydrogen) atoms. The van der Waals surface area contributed by atoms with Crippen LogP contribution in [0.1, 0.15) is 16.8 Å². The number of Topliss-reactive ketones (excluding diaryl/α,β-unsaturated/α-hetero) is 1. The lowest BCUT2D eigenvalue weighted by atomic mass is 9.96. The number of fused-ring (bicyclic) bond motifs is 1. The molecule has 0 saturated carbocycles. The van der Waals surface area contributed by atoms with Gasteiger partial charge in [-0.25, -0.2) is 8.42 Å². The van der Waals surface area contributed by atoms with Gasteiger partial charge in [-0.15, -0.1) is 0 Å². The molecule has 1 fully saturated rings. The first-order valence-corrected chi connectivity index (χ1v) is 8.56. The van der Waals surface area contributed by atoms with Crippen molar-refractivity contribution in [3.8, 4) is 5.75 Å². The molecule has 2 aliphatic heterocycles. The van der Waals surface area contributed by atoms with Crippen LogP contribution in [0.4, 0.5) is 5.69 Å². The van der Waals surface area contributed by atoms with E-state index in [2.05, 4.69) is 5.32 Å². The van der Waals surface area contributed by atoms with E-state index in [0.29, 0.717) is 17.9 Å². The highest BCUT2D eigenvalue weighted by Gasteiger charge is 2.34. The first-order chi connectivity index (χ1) is 9.85. The Kier molecular flexibility index (Phi) is 3.41. The Morgan fingerprint density at radius 1 is 1.38 bits per heavy atom. The third-order valence-corrected chi connectivity index (χ3v) is 5.65. The van der Waals surface area contributed by atoms with Crippen LogP contribution in [0.5, 0.6) is 5.75 Å². The molecule has 2 heterocycles. The summed E-state index contributed by atoms with van der Waals surface area (Å²) in [5.41, 5.74) is 0.639. The van der Waals surface area contributed by atoms with Crippen LogP contribution in [0.15, 0.2) is 12.1 Å². The van der Waals surface area contributed by atoms with E-state index in [0.717, 1.165) is 0 Å². The van der Waals surface area contributed by atoms with Crippen molar-refractivity contribution >= 4 is 38.8 Å². The van der Waals surface area contributed by atoms with E-state index in [1.54, 1.807) is 0 Å². The fourth-order valence-corrected chi connectivity index (χ4v) is 4.51. The smallest absolute Gasteiger partial charge is 0.262 e. The zero-order chi connectivity index (χ0) is 15.2. The average Bonchev–Trinajstić information content (AvgIpc) is 2.77.